The van der Waals surface area contributed by atoms with Gasteiger partial charge in [0.25, 0.3) is 0 Å². The van der Waals surface area contributed by atoms with Gasteiger partial charge in [-0.25, -0.2) is 19.2 Å². The van der Waals surface area contributed by atoms with E-state index >= 15 is 0 Å². The molecule has 0 aromatic heterocycles. The monoisotopic (exact) mass is 850 g/mol. The van der Waals surface area contributed by atoms with Crippen LogP contribution in [0.5, 0.6) is 11.5 Å². The number of ether oxygens (including phenoxy) is 6. The maximum atomic E-state index is 14.6. The Balaban J connectivity index is 1.76. The maximum Gasteiger partial charge on any atom is 0.420 e. The van der Waals surface area contributed by atoms with Crippen molar-refractivity contribution in [2.75, 3.05) is 26.4 Å². The molecule has 3 aromatic carbocycles. The lowest BCUT2D eigenvalue weighted by Gasteiger charge is -2.22. The number of hydrogen-bond donors (Lipinski definition) is 0. The van der Waals surface area contributed by atoms with Gasteiger partial charge < -0.3 is 28.4 Å². The van der Waals surface area contributed by atoms with E-state index < -0.39 is 71.1 Å². The first kappa shape index (κ1) is 48.9. The fourth-order valence-corrected chi connectivity index (χ4v) is 5.96. The van der Waals surface area contributed by atoms with Crippen LogP contribution in [0.1, 0.15) is 120 Å². The van der Waals surface area contributed by atoms with E-state index in [1.165, 1.54) is 36.4 Å². The van der Waals surface area contributed by atoms with Crippen molar-refractivity contribution in [1.82, 2.24) is 0 Å². The molecule has 326 valence electrons. The van der Waals surface area contributed by atoms with Crippen LogP contribution in [-0.4, -0.2) is 50.3 Å². The molecular formula is C44H48F6O10. The highest BCUT2D eigenvalue weighted by Gasteiger charge is 2.49. The molecule has 60 heavy (non-hydrogen) atoms. The summed E-state index contributed by atoms with van der Waals surface area (Å²) < 4.78 is 119. The zero-order valence-corrected chi connectivity index (χ0v) is 33.3. The average Bonchev–Trinajstić information content (AvgIpc) is 3.21. The smallest absolute Gasteiger partial charge is 0.420 e. The van der Waals surface area contributed by atoms with Crippen LogP contribution in [0.15, 0.2) is 86.0 Å². The number of hydrogen-bond acceptors (Lipinski definition) is 10. The van der Waals surface area contributed by atoms with Crippen LogP contribution in [0.25, 0.3) is 0 Å². The van der Waals surface area contributed by atoms with E-state index in [2.05, 4.69) is 13.2 Å². The minimum atomic E-state index is -5.73. The minimum absolute atomic E-state index is 0.217. The summed E-state index contributed by atoms with van der Waals surface area (Å²) in [6, 6.07) is 12.3. The molecule has 0 heterocycles. The highest BCUT2D eigenvalue weighted by Crippen LogP contribution is 2.49. The van der Waals surface area contributed by atoms with Crippen molar-refractivity contribution in [2.24, 2.45) is 0 Å². The summed E-state index contributed by atoms with van der Waals surface area (Å²) in [7, 11) is 0. The molecule has 2 unspecified atom stereocenters. The largest absolute Gasteiger partial charge is 0.463 e. The van der Waals surface area contributed by atoms with E-state index in [0.717, 1.165) is 37.8 Å². The van der Waals surface area contributed by atoms with Crippen molar-refractivity contribution >= 4 is 23.9 Å². The second-order valence-corrected chi connectivity index (χ2v) is 13.4. The molecule has 16 heteroatoms. The second-order valence-electron chi connectivity index (χ2n) is 13.4. The summed E-state index contributed by atoms with van der Waals surface area (Å²) in [6.07, 6.45) is -5.54. The van der Waals surface area contributed by atoms with E-state index in [1.807, 2.05) is 0 Å². The van der Waals surface area contributed by atoms with Crippen LogP contribution in [0, 0.1) is 0 Å². The molecule has 0 bridgehead atoms. The SMILES string of the molecule is C=CC(=O)OCCCCCCOC(C)c1ccccc1C(=O)Oc1ccc(OC(=O)c2ccccc2C(C)OCCCCCCOC(=O)C=C)c(C(F)(F)F)c1C(F)(F)F. The maximum absolute atomic E-state index is 14.6. The molecule has 0 radical (unpaired) electrons. The molecule has 0 aliphatic rings. The number of esters is 4. The first-order valence-corrected chi connectivity index (χ1v) is 19.2. The molecule has 0 N–H and O–H groups in total. The summed E-state index contributed by atoms with van der Waals surface area (Å²) >= 11 is 0. The Bertz CT molecular complexity index is 1790. The van der Waals surface area contributed by atoms with Gasteiger partial charge in [0, 0.05) is 25.4 Å². The molecule has 3 aromatic rings. The van der Waals surface area contributed by atoms with Crippen LogP contribution < -0.4 is 9.47 Å². The quantitative estimate of drug-likeness (QED) is 0.0283. The number of alkyl halides is 6. The van der Waals surface area contributed by atoms with E-state index in [0.29, 0.717) is 37.8 Å². The van der Waals surface area contributed by atoms with Gasteiger partial charge >= 0.3 is 36.2 Å². The summed E-state index contributed by atoms with van der Waals surface area (Å²) in [5.74, 6) is -6.71. The van der Waals surface area contributed by atoms with Gasteiger partial charge in [-0.15, -0.1) is 0 Å². The molecule has 0 saturated heterocycles. The van der Waals surface area contributed by atoms with Gasteiger partial charge in [-0.1, -0.05) is 62.4 Å². The van der Waals surface area contributed by atoms with Gasteiger partial charge in [0.2, 0.25) is 0 Å². The van der Waals surface area contributed by atoms with Gasteiger partial charge in [-0.05, 0) is 87.8 Å². The van der Waals surface area contributed by atoms with Crippen molar-refractivity contribution in [3.8, 4) is 11.5 Å². The molecule has 0 saturated carbocycles. The highest BCUT2D eigenvalue weighted by molar-refractivity contribution is 5.94. The van der Waals surface area contributed by atoms with Crippen molar-refractivity contribution in [3.05, 3.63) is 119 Å². The zero-order valence-electron chi connectivity index (χ0n) is 33.3. The van der Waals surface area contributed by atoms with Crippen molar-refractivity contribution < 1.29 is 73.9 Å². The van der Waals surface area contributed by atoms with Gasteiger partial charge in [-0.3, -0.25) is 0 Å². The predicted molar refractivity (Wildman–Crippen MR) is 207 cm³/mol. The van der Waals surface area contributed by atoms with E-state index in [1.54, 1.807) is 26.0 Å². The Morgan fingerprint density at radius 1 is 0.533 bits per heavy atom. The van der Waals surface area contributed by atoms with Crippen LogP contribution in [0.3, 0.4) is 0 Å². The van der Waals surface area contributed by atoms with Crippen molar-refractivity contribution in [2.45, 2.75) is 89.8 Å². The van der Waals surface area contributed by atoms with Crippen LogP contribution in [0.4, 0.5) is 26.3 Å². The zero-order chi connectivity index (χ0) is 44.3. The van der Waals surface area contributed by atoms with E-state index in [-0.39, 0.29) is 48.7 Å². The first-order chi connectivity index (χ1) is 28.5. The Labute approximate surface area is 344 Å². The standard InChI is InChI=1S/C44H48F6O10/c1-5-37(51)57-27-17-9-7-15-25-55-29(3)31-19-11-13-21-33(31)41(53)59-35-23-24-36(40(44(48,49)50)39(35)43(45,46)47)60-42(54)34-22-14-12-20-32(34)30(4)56-26-16-8-10-18-28-58-38(52)6-2/h5-6,11-14,19-24,29-30H,1-2,7-10,15-18,25-28H2,3-4H3. The number of carbonyl (C=O) groups is 4. The summed E-state index contributed by atoms with van der Waals surface area (Å²) in [6.45, 7) is 10.8. The van der Waals surface area contributed by atoms with E-state index in [9.17, 15) is 45.5 Å². The molecule has 2 atom stereocenters. The van der Waals surface area contributed by atoms with Gasteiger partial charge in [0.15, 0.2) is 0 Å². The van der Waals surface area contributed by atoms with Crippen molar-refractivity contribution in [1.29, 1.82) is 0 Å². The van der Waals surface area contributed by atoms with E-state index in [4.69, 9.17) is 28.4 Å². The lowest BCUT2D eigenvalue weighted by molar-refractivity contribution is -0.163. The Kier molecular flexibility index (Phi) is 19.5. The lowest BCUT2D eigenvalue weighted by Crippen LogP contribution is -2.23. The fraction of sp³-hybridized carbons (Fsp3) is 0.409. The highest BCUT2D eigenvalue weighted by atomic mass is 19.4. The van der Waals surface area contributed by atoms with Crippen LogP contribution >= 0.6 is 0 Å². The number of rotatable bonds is 24. The third-order valence-corrected chi connectivity index (χ3v) is 8.97. The minimum Gasteiger partial charge on any atom is -0.463 e. The topological polar surface area (TPSA) is 124 Å². The predicted octanol–water partition coefficient (Wildman–Crippen LogP) is 10.9. The number of unbranched alkanes of at least 4 members (excludes halogenated alkanes) is 6. The normalized spacial score (nSPS) is 12.5. The average molecular weight is 851 g/mol. The molecule has 0 spiro atoms. The molecule has 3 rings (SSSR count). The summed E-state index contributed by atoms with van der Waals surface area (Å²) in [4.78, 5) is 49.0. The summed E-state index contributed by atoms with van der Waals surface area (Å²) in [5.41, 5.74) is -4.78. The van der Waals surface area contributed by atoms with Gasteiger partial charge in [0.1, 0.15) is 22.6 Å². The van der Waals surface area contributed by atoms with Gasteiger partial charge in [0.05, 0.1) is 36.5 Å². The Hall–Kier alpha value is -5.48. The Morgan fingerprint density at radius 2 is 0.867 bits per heavy atom. The molecule has 0 fully saturated rings. The fourth-order valence-electron chi connectivity index (χ4n) is 5.96. The molecule has 0 amide bonds. The number of carbonyl (C=O) groups excluding carboxylic acids is 4. The lowest BCUT2D eigenvalue weighted by atomic mass is 10.0. The van der Waals surface area contributed by atoms with Gasteiger partial charge in [-0.2, -0.15) is 26.3 Å². The number of halogens is 6. The van der Waals surface area contributed by atoms with Crippen LogP contribution in [-0.2, 0) is 40.9 Å². The third-order valence-electron chi connectivity index (χ3n) is 8.97. The first-order valence-electron chi connectivity index (χ1n) is 19.2. The summed E-state index contributed by atoms with van der Waals surface area (Å²) in [5, 5.41) is 0. The third kappa shape index (κ3) is 15.3. The molecular weight excluding hydrogens is 802 g/mol. The molecule has 0 aliphatic heterocycles. The van der Waals surface area contributed by atoms with Crippen LogP contribution in [0.2, 0.25) is 0 Å². The Morgan fingerprint density at radius 3 is 1.20 bits per heavy atom. The molecule has 10 nitrogen and oxygen atoms in total. The van der Waals surface area contributed by atoms with Crippen molar-refractivity contribution in [3.63, 3.8) is 0 Å². The number of benzene rings is 3. The molecule has 0 aliphatic carbocycles. The second kappa shape index (κ2) is 23.9.